The molecule has 0 spiro atoms. The van der Waals surface area contributed by atoms with Crippen molar-refractivity contribution in [3.8, 4) is 5.69 Å². The molecule has 0 aliphatic rings. The van der Waals surface area contributed by atoms with Crippen molar-refractivity contribution in [2.24, 2.45) is 0 Å². The van der Waals surface area contributed by atoms with Gasteiger partial charge in [-0.05, 0) is 51.5 Å². The smallest absolute Gasteiger partial charge is 0.338 e. The van der Waals surface area contributed by atoms with Gasteiger partial charge in [-0.15, -0.1) is 0 Å². The Kier molecular flexibility index (Phi) is 6.32. The molecule has 0 bridgehead atoms. The molecule has 4 rings (SSSR count). The van der Waals surface area contributed by atoms with E-state index >= 15 is 0 Å². The number of hydrogen-bond acceptors (Lipinski definition) is 5. The number of rotatable bonds is 6. The van der Waals surface area contributed by atoms with Crippen LogP contribution in [0.25, 0.3) is 5.69 Å². The molecule has 0 aliphatic carbocycles. The van der Waals surface area contributed by atoms with Crippen LogP contribution in [0.2, 0.25) is 0 Å². The topological polar surface area (TPSA) is 91.0 Å². The third-order valence-corrected chi connectivity index (χ3v) is 5.88. The molecule has 0 saturated heterocycles. The first-order valence-electron chi connectivity index (χ1n) is 10.9. The summed E-state index contributed by atoms with van der Waals surface area (Å²) in [6.07, 6.45) is 0. The first-order valence-corrected chi connectivity index (χ1v) is 10.9. The Hall–Kier alpha value is -4.20. The van der Waals surface area contributed by atoms with Crippen LogP contribution in [0, 0.1) is 27.7 Å². The second-order valence-corrected chi connectivity index (χ2v) is 8.10. The number of para-hydroxylation sites is 1. The second kappa shape index (κ2) is 9.35. The van der Waals surface area contributed by atoms with E-state index in [1.807, 2.05) is 70.2 Å². The summed E-state index contributed by atoms with van der Waals surface area (Å²) in [6, 6.07) is 17.0. The van der Waals surface area contributed by atoms with Crippen molar-refractivity contribution in [1.82, 2.24) is 19.6 Å². The largest absolute Gasteiger partial charge is 0.465 e. The number of benzene rings is 2. The van der Waals surface area contributed by atoms with Gasteiger partial charge in [0.1, 0.15) is 0 Å². The summed E-state index contributed by atoms with van der Waals surface area (Å²) in [5.74, 6) is -0.634. The summed E-state index contributed by atoms with van der Waals surface area (Å²) in [4.78, 5) is 25.4. The van der Waals surface area contributed by atoms with Gasteiger partial charge in [-0.2, -0.15) is 10.2 Å². The fourth-order valence-electron chi connectivity index (χ4n) is 4.13. The molecule has 0 unspecified atom stereocenters. The molecular formula is C26H27N5O3. The summed E-state index contributed by atoms with van der Waals surface area (Å²) in [5.41, 5.74) is 6.23. The summed E-state index contributed by atoms with van der Waals surface area (Å²) in [5, 5.41) is 12.2. The molecule has 2 aromatic carbocycles. The number of anilines is 1. The molecule has 1 amide bonds. The summed E-state index contributed by atoms with van der Waals surface area (Å²) in [7, 11) is 1.36. The van der Waals surface area contributed by atoms with Gasteiger partial charge in [-0.25, -0.2) is 9.48 Å². The van der Waals surface area contributed by atoms with E-state index < -0.39 is 5.97 Å². The highest BCUT2D eigenvalue weighted by Crippen LogP contribution is 2.24. The molecule has 2 aromatic heterocycles. The molecule has 0 aliphatic heterocycles. The van der Waals surface area contributed by atoms with Crippen molar-refractivity contribution >= 4 is 17.6 Å². The maximum atomic E-state index is 13.3. The van der Waals surface area contributed by atoms with Crippen LogP contribution in [-0.4, -0.2) is 38.5 Å². The average molecular weight is 458 g/mol. The summed E-state index contributed by atoms with van der Waals surface area (Å²) in [6.45, 7) is 7.82. The molecule has 2 heterocycles. The van der Waals surface area contributed by atoms with Gasteiger partial charge in [0.15, 0.2) is 0 Å². The Labute approximate surface area is 198 Å². The third kappa shape index (κ3) is 4.22. The summed E-state index contributed by atoms with van der Waals surface area (Å²) >= 11 is 0. The number of aryl methyl sites for hydroxylation is 2. The van der Waals surface area contributed by atoms with Crippen molar-refractivity contribution in [3.05, 3.63) is 94.1 Å². The van der Waals surface area contributed by atoms with Crippen LogP contribution in [0.4, 0.5) is 5.69 Å². The van der Waals surface area contributed by atoms with Crippen LogP contribution < -0.4 is 5.32 Å². The minimum Gasteiger partial charge on any atom is -0.465 e. The van der Waals surface area contributed by atoms with Gasteiger partial charge in [0.25, 0.3) is 5.91 Å². The standard InChI is InChI=1S/C26H27N5O3/c1-16-23(18(3)31(29-16)21-12-7-6-8-13-21)25(32)27-24-17(2)28-30(19(24)4)15-20-11-9-10-14-22(20)26(33)34-5/h6-14H,15H2,1-5H3,(H,27,32). The Morgan fingerprint density at radius 1 is 0.882 bits per heavy atom. The lowest BCUT2D eigenvalue weighted by Gasteiger charge is -2.10. The number of nitrogens with one attached hydrogen (secondary N) is 1. The van der Waals surface area contributed by atoms with Gasteiger partial charge >= 0.3 is 5.97 Å². The van der Waals surface area contributed by atoms with Gasteiger partial charge in [-0.1, -0.05) is 36.4 Å². The van der Waals surface area contributed by atoms with E-state index in [0.717, 1.165) is 22.6 Å². The van der Waals surface area contributed by atoms with Crippen LogP contribution >= 0.6 is 0 Å². The third-order valence-electron chi connectivity index (χ3n) is 5.88. The first kappa shape index (κ1) is 23.0. The number of methoxy groups -OCH3 is 1. The van der Waals surface area contributed by atoms with E-state index in [4.69, 9.17) is 4.74 Å². The number of carbonyl (C=O) groups excluding carboxylic acids is 2. The van der Waals surface area contributed by atoms with E-state index in [2.05, 4.69) is 15.5 Å². The summed E-state index contributed by atoms with van der Waals surface area (Å²) < 4.78 is 8.45. The molecule has 34 heavy (non-hydrogen) atoms. The lowest BCUT2D eigenvalue weighted by Crippen LogP contribution is -2.15. The molecule has 0 atom stereocenters. The fourth-order valence-corrected chi connectivity index (χ4v) is 4.13. The maximum absolute atomic E-state index is 13.3. The highest BCUT2D eigenvalue weighted by molar-refractivity contribution is 6.06. The van der Waals surface area contributed by atoms with Crippen LogP contribution in [-0.2, 0) is 11.3 Å². The number of nitrogens with zero attached hydrogens (tertiary/aromatic N) is 4. The van der Waals surface area contributed by atoms with Crippen molar-refractivity contribution < 1.29 is 14.3 Å². The lowest BCUT2D eigenvalue weighted by molar-refractivity contribution is 0.0599. The van der Waals surface area contributed by atoms with Gasteiger partial charge in [-0.3, -0.25) is 9.48 Å². The second-order valence-electron chi connectivity index (χ2n) is 8.10. The highest BCUT2D eigenvalue weighted by Gasteiger charge is 2.23. The zero-order chi connectivity index (χ0) is 24.4. The van der Waals surface area contributed by atoms with Gasteiger partial charge in [0.05, 0.1) is 58.9 Å². The average Bonchev–Trinajstić information content (AvgIpc) is 3.28. The normalized spacial score (nSPS) is 10.9. The molecule has 0 saturated carbocycles. The number of hydrogen-bond donors (Lipinski definition) is 1. The molecule has 4 aromatic rings. The minimum absolute atomic E-state index is 0.238. The SMILES string of the molecule is COC(=O)c1ccccc1Cn1nc(C)c(NC(=O)c2c(C)nn(-c3ccccc3)c2C)c1C. The van der Waals surface area contributed by atoms with E-state index in [0.29, 0.717) is 34.7 Å². The first-order chi connectivity index (χ1) is 16.3. The van der Waals surface area contributed by atoms with Crippen molar-refractivity contribution in [1.29, 1.82) is 0 Å². The Morgan fingerprint density at radius 2 is 1.56 bits per heavy atom. The van der Waals surface area contributed by atoms with Crippen LogP contribution in [0.15, 0.2) is 54.6 Å². The van der Waals surface area contributed by atoms with E-state index in [-0.39, 0.29) is 5.91 Å². The van der Waals surface area contributed by atoms with Crippen LogP contribution in [0.3, 0.4) is 0 Å². The van der Waals surface area contributed by atoms with Crippen molar-refractivity contribution in [3.63, 3.8) is 0 Å². The van der Waals surface area contributed by atoms with Crippen molar-refractivity contribution in [2.75, 3.05) is 12.4 Å². The predicted molar refractivity (Wildman–Crippen MR) is 130 cm³/mol. The molecule has 0 fully saturated rings. The Morgan fingerprint density at radius 3 is 2.26 bits per heavy atom. The lowest BCUT2D eigenvalue weighted by atomic mass is 10.1. The number of ether oxygens (including phenoxy) is 1. The highest BCUT2D eigenvalue weighted by atomic mass is 16.5. The number of esters is 1. The van der Waals surface area contributed by atoms with Crippen molar-refractivity contribution in [2.45, 2.75) is 34.2 Å². The van der Waals surface area contributed by atoms with Gasteiger partial charge < -0.3 is 10.1 Å². The molecule has 0 radical (unpaired) electrons. The fraction of sp³-hybridized carbons (Fsp3) is 0.231. The zero-order valence-corrected chi connectivity index (χ0v) is 19.9. The van der Waals surface area contributed by atoms with Gasteiger partial charge in [0, 0.05) is 0 Å². The molecule has 8 heteroatoms. The van der Waals surface area contributed by atoms with E-state index in [1.165, 1.54) is 7.11 Å². The molecule has 174 valence electrons. The quantitative estimate of drug-likeness (QED) is 0.434. The molecule has 8 nitrogen and oxygen atoms in total. The Balaban J connectivity index is 1.62. The monoisotopic (exact) mass is 457 g/mol. The maximum Gasteiger partial charge on any atom is 0.338 e. The van der Waals surface area contributed by atoms with Crippen LogP contribution in [0.5, 0.6) is 0 Å². The minimum atomic E-state index is -0.396. The van der Waals surface area contributed by atoms with Gasteiger partial charge in [0.2, 0.25) is 0 Å². The zero-order valence-electron chi connectivity index (χ0n) is 19.9. The van der Waals surface area contributed by atoms with E-state index in [9.17, 15) is 9.59 Å². The van der Waals surface area contributed by atoms with E-state index in [1.54, 1.807) is 21.5 Å². The predicted octanol–water partition coefficient (Wildman–Crippen LogP) is 4.39. The number of amides is 1. The van der Waals surface area contributed by atoms with Crippen LogP contribution in [0.1, 0.15) is 49.1 Å². The number of carbonyl (C=O) groups is 2. The Bertz CT molecular complexity index is 1370. The molecular weight excluding hydrogens is 430 g/mol. The molecule has 1 N–H and O–H groups in total. The number of aromatic nitrogens is 4.